The number of hydrogen-bond donors (Lipinski definition) is 0. The Morgan fingerprint density at radius 3 is 2.87 bits per heavy atom. The molecule has 2 heteroatoms. The van der Waals surface area contributed by atoms with Crippen molar-refractivity contribution < 1.29 is 9.53 Å². The molecule has 0 N–H and O–H groups in total. The summed E-state index contributed by atoms with van der Waals surface area (Å²) in [5, 5.41) is 0. The molecule has 0 aromatic rings. The molecular formula is C13H16O2. The zero-order valence-corrected chi connectivity index (χ0v) is 8.92. The minimum atomic E-state index is -0.331. The van der Waals surface area contributed by atoms with E-state index < -0.39 is 0 Å². The molecule has 0 fully saturated rings. The lowest BCUT2D eigenvalue weighted by atomic mass is 10.1. The highest BCUT2D eigenvalue weighted by Crippen LogP contribution is 2.36. The highest BCUT2D eigenvalue weighted by Gasteiger charge is 2.21. The fourth-order valence-electron chi connectivity index (χ4n) is 2.28. The van der Waals surface area contributed by atoms with Gasteiger partial charge in [-0.05, 0) is 43.3 Å². The van der Waals surface area contributed by atoms with Gasteiger partial charge in [0, 0.05) is 12.5 Å². The average Bonchev–Trinajstić information content (AvgIpc) is 2.86. The van der Waals surface area contributed by atoms with E-state index in [1.807, 2.05) is 0 Å². The molecule has 0 spiro atoms. The van der Waals surface area contributed by atoms with E-state index in [0.717, 1.165) is 31.4 Å². The zero-order chi connectivity index (χ0) is 10.7. The van der Waals surface area contributed by atoms with Crippen molar-refractivity contribution in [3.63, 3.8) is 0 Å². The third-order valence-electron chi connectivity index (χ3n) is 2.99. The van der Waals surface area contributed by atoms with Crippen LogP contribution in [0.25, 0.3) is 0 Å². The van der Waals surface area contributed by atoms with E-state index in [0.29, 0.717) is 0 Å². The van der Waals surface area contributed by atoms with Crippen LogP contribution in [0.4, 0.5) is 0 Å². The minimum Gasteiger partial charge on any atom is -0.428 e. The summed E-state index contributed by atoms with van der Waals surface area (Å²) in [6, 6.07) is 0. The maximum absolute atomic E-state index is 11.1. The van der Waals surface area contributed by atoms with E-state index >= 15 is 0 Å². The molecule has 0 aromatic heterocycles. The Kier molecular flexibility index (Phi) is 3.05. The summed E-state index contributed by atoms with van der Waals surface area (Å²) in [6.45, 7) is 3.41. The molecule has 0 saturated heterocycles. The van der Waals surface area contributed by atoms with Gasteiger partial charge in [0.15, 0.2) is 0 Å². The molecule has 0 atom stereocenters. The lowest BCUT2D eigenvalue weighted by Crippen LogP contribution is -2.00. The molecule has 2 aliphatic carbocycles. The fraction of sp³-hybridized carbons (Fsp3) is 0.462. The summed E-state index contributed by atoms with van der Waals surface area (Å²) in [6.07, 6.45) is 10.1. The first kappa shape index (κ1) is 10.2. The molecule has 0 amide bonds. The number of allylic oxidation sites excluding steroid dienone is 4. The third kappa shape index (κ3) is 2.20. The van der Waals surface area contributed by atoms with Gasteiger partial charge in [0.2, 0.25) is 0 Å². The summed E-state index contributed by atoms with van der Waals surface area (Å²) in [5.74, 6) is 0.552. The Hall–Kier alpha value is -1.31. The lowest BCUT2D eigenvalue weighted by Gasteiger charge is -2.07. The number of carbonyl (C=O) groups excluding carboxylic acids is 1. The molecule has 0 aliphatic heterocycles. The Morgan fingerprint density at radius 2 is 2.20 bits per heavy atom. The minimum absolute atomic E-state index is 0.331. The predicted molar refractivity (Wildman–Crippen MR) is 59.1 cm³/mol. The zero-order valence-electron chi connectivity index (χ0n) is 8.92. The smallest absolute Gasteiger partial charge is 0.335 e. The SMILES string of the molecule is C=CC(=O)OC1=C(C2=CCCC2)CCC1. The lowest BCUT2D eigenvalue weighted by molar-refractivity contribution is -0.133. The standard InChI is InChI=1S/C13H16O2/c1-2-13(14)15-12-9-5-8-11(12)10-6-3-4-7-10/h2,6H,1,3-5,7-9H2. The molecule has 0 heterocycles. The van der Waals surface area contributed by atoms with Gasteiger partial charge in [0.25, 0.3) is 0 Å². The molecule has 2 rings (SSSR count). The highest BCUT2D eigenvalue weighted by molar-refractivity contribution is 5.82. The van der Waals surface area contributed by atoms with E-state index in [2.05, 4.69) is 12.7 Å². The summed E-state index contributed by atoms with van der Waals surface area (Å²) in [7, 11) is 0. The summed E-state index contributed by atoms with van der Waals surface area (Å²) in [5.41, 5.74) is 2.68. The Labute approximate surface area is 90.3 Å². The predicted octanol–water partition coefficient (Wildman–Crippen LogP) is 3.26. The van der Waals surface area contributed by atoms with E-state index in [4.69, 9.17) is 4.74 Å². The Bertz CT molecular complexity index is 348. The van der Waals surface area contributed by atoms with Crippen molar-refractivity contribution in [1.82, 2.24) is 0 Å². The average molecular weight is 204 g/mol. The second kappa shape index (κ2) is 4.47. The van der Waals surface area contributed by atoms with Crippen LogP contribution in [0.5, 0.6) is 0 Å². The van der Waals surface area contributed by atoms with Crippen LogP contribution < -0.4 is 0 Å². The molecule has 0 saturated carbocycles. The monoisotopic (exact) mass is 204 g/mol. The van der Waals surface area contributed by atoms with Crippen molar-refractivity contribution in [3.8, 4) is 0 Å². The van der Waals surface area contributed by atoms with Crippen molar-refractivity contribution in [2.75, 3.05) is 0 Å². The summed E-state index contributed by atoms with van der Waals surface area (Å²) in [4.78, 5) is 11.1. The normalized spacial score (nSPS) is 20.4. The van der Waals surface area contributed by atoms with Crippen molar-refractivity contribution in [2.45, 2.75) is 38.5 Å². The van der Waals surface area contributed by atoms with E-state index in [-0.39, 0.29) is 5.97 Å². The number of carbonyl (C=O) groups is 1. The van der Waals surface area contributed by atoms with Crippen LogP contribution >= 0.6 is 0 Å². The van der Waals surface area contributed by atoms with Gasteiger partial charge in [-0.1, -0.05) is 12.7 Å². The Morgan fingerprint density at radius 1 is 1.33 bits per heavy atom. The van der Waals surface area contributed by atoms with Crippen molar-refractivity contribution >= 4 is 5.97 Å². The van der Waals surface area contributed by atoms with Gasteiger partial charge >= 0.3 is 5.97 Å². The maximum Gasteiger partial charge on any atom is 0.335 e. The van der Waals surface area contributed by atoms with E-state index in [1.54, 1.807) is 0 Å². The molecule has 2 aliphatic rings. The van der Waals surface area contributed by atoms with Crippen LogP contribution in [0.3, 0.4) is 0 Å². The van der Waals surface area contributed by atoms with E-state index in [9.17, 15) is 4.79 Å². The number of hydrogen-bond acceptors (Lipinski definition) is 2. The fourth-order valence-corrected chi connectivity index (χ4v) is 2.28. The van der Waals surface area contributed by atoms with Crippen molar-refractivity contribution in [2.24, 2.45) is 0 Å². The van der Waals surface area contributed by atoms with Gasteiger partial charge in [0.1, 0.15) is 5.76 Å². The highest BCUT2D eigenvalue weighted by atomic mass is 16.5. The van der Waals surface area contributed by atoms with E-state index in [1.165, 1.54) is 30.1 Å². The van der Waals surface area contributed by atoms with Gasteiger partial charge in [-0.15, -0.1) is 0 Å². The van der Waals surface area contributed by atoms with Crippen LogP contribution in [-0.4, -0.2) is 5.97 Å². The van der Waals surface area contributed by atoms with Crippen LogP contribution in [0, 0.1) is 0 Å². The van der Waals surface area contributed by atoms with Gasteiger partial charge in [-0.2, -0.15) is 0 Å². The van der Waals surface area contributed by atoms with Crippen molar-refractivity contribution in [1.29, 1.82) is 0 Å². The molecule has 0 radical (unpaired) electrons. The molecule has 80 valence electrons. The van der Waals surface area contributed by atoms with Crippen LogP contribution in [0.2, 0.25) is 0 Å². The molecular weight excluding hydrogens is 188 g/mol. The first-order valence-corrected chi connectivity index (χ1v) is 5.57. The number of ether oxygens (including phenoxy) is 1. The largest absolute Gasteiger partial charge is 0.428 e. The summed E-state index contributed by atoms with van der Waals surface area (Å²) >= 11 is 0. The maximum atomic E-state index is 11.1. The number of rotatable bonds is 3. The molecule has 0 unspecified atom stereocenters. The third-order valence-corrected chi connectivity index (χ3v) is 2.99. The van der Waals surface area contributed by atoms with Crippen LogP contribution in [-0.2, 0) is 9.53 Å². The van der Waals surface area contributed by atoms with Crippen LogP contribution in [0.1, 0.15) is 38.5 Å². The quantitative estimate of drug-likeness (QED) is 0.521. The first-order valence-electron chi connectivity index (χ1n) is 5.57. The Balaban J connectivity index is 2.15. The topological polar surface area (TPSA) is 26.3 Å². The molecule has 15 heavy (non-hydrogen) atoms. The van der Waals surface area contributed by atoms with Gasteiger partial charge in [0.05, 0.1) is 0 Å². The second-order valence-corrected chi connectivity index (χ2v) is 4.00. The molecule has 2 nitrogen and oxygen atoms in total. The molecule has 0 bridgehead atoms. The van der Waals surface area contributed by atoms with Gasteiger partial charge < -0.3 is 4.74 Å². The molecule has 0 aromatic carbocycles. The van der Waals surface area contributed by atoms with Crippen molar-refractivity contribution in [3.05, 3.63) is 35.6 Å². The second-order valence-electron chi connectivity index (χ2n) is 4.00. The van der Waals surface area contributed by atoms with Crippen LogP contribution in [0.15, 0.2) is 35.6 Å². The number of esters is 1. The summed E-state index contributed by atoms with van der Waals surface area (Å²) < 4.78 is 5.27. The van der Waals surface area contributed by atoms with Gasteiger partial charge in [-0.3, -0.25) is 0 Å². The van der Waals surface area contributed by atoms with Gasteiger partial charge in [-0.25, -0.2) is 4.79 Å². The first-order chi connectivity index (χ1) is 7.31.